The van der Waals surface area contributed by atoms with Gasteiger partial charge in [-0.2, -0.15) is 0 Å². The Kier molecular flexibility index (Phi) is 3.35. The van der Waals surface area contributed by atoms with E-state index in [0.717, 1.165) is 16.9 Å². The summed E-state index contributed by atoms with van der Waals surface area (Å²) in [6, 6.07) is 4.90. The third-order valence-corrected chi connectivity index (χ3v) is 6.83. The second kappa shape index (κ2) is 5.43. The van der Waals surface area contributed by atoms with Crippen LogP contribution in [0, 0.1) is 42.4 Å². The number of aryl methyl sites for hydroxylation is 1. The van der Waals surface area contributed by atoms with Gasteiger partial charge in [0.05, 0.1) is 11.8 Å². The fourth-order valence-electron chi connectivity index (χ4n) is 5.15. The molecule has 2 amide bonds. The summed E-state index contributed by atoms with van der Waals surface area (Å²) in [5, 5.41) is 0.584. The van der Waals surface area contributed by atoms with Crippen LogP contribution in [0.15, 0.2) is 30.4 Å². The lowest BCUT2D eigenvalue weighted by molar-refractivity contribution is -0.148. The van der Waals surface area contributed by atoms with Crippen molar-refractivity contribution in [2.24, 2.45) is 35.5 Å². The first kappa shape index (κ1) is 16.1. The van der Waals surface area contributed by atoms with Crippen LogP contribution in [0.2, 0.25) is 5.02 Å². The number of allylic oxidation sites excluding steroid dienone is 2. The molecule has 5 nitrogen and oxygen atoms in total. The van der Waals surface area contributed by atoms with Crippen LogP contribution in [0.1, 0.15) is 12.0 Å². The van der Waals surface area contributed by atoms with Gasteiger partial charge >= 0.3 is 5.97 Å². The van der Waals surface area contributed by atoms with Crippen molar-refractivity contribution in [2.75, 3.05) is 6.54 Å². The van der Waals surface area contributed by atoms with Crippen molar-refractivity contribution >= 4 is 29.4 Å². The third-order valence-electron chi connectivity index (χ3n) is 6.40. The summed E-state index contributed by atoms with van der Waals surface area (Å²) in [5.41, 5.74) is 0.790. The van der Waals surface area contributed by atoms with Crippen molar-refractivity contribution in [3.8, 4) is 5.75 Å². The summed E-state index contributed by atoms with van der Waals surface area (Å²) < 4.78 is 5.30. The van der Waals surface area contributed by atoms with Crippen molar-refractivity contribution < 1.29 is 19.1 Å². The zero-order valence-corrected chi connectivity index (χ0v) is 15.0. The lowest BCUT2D eigenvalue weighted by Crippen LogP contribution is -2.40. The molecule has 0 spiro atoms. The topological polar surface area (TPSA) is 63.7 Å². The van der Waals surface area contributed by atoms with E-state index in [1.165, 1.54) is 0 Å². The molecule has 1 aromatic carbocycles. The molecular weight excluding hydrogens is 354 g/mol. The van der Waals surface area contributed by atoms with Crippen molar-refractivity contribution in [2.45, 2.75) is 13.3 Å². The first-order valence-corrected chi connectivity index (χ1v) is 9.34. The van der Waals surface area contributed by atoms with Crippen molar-refractivity contribution in [1.82, 2.24) is 4.90 Å². The highest BCUT2D eigenvalue weighted by molar-refractivity contribution is 6.31. The lowest BCUT2D eigenvalue weighted by Gasteiger charge is -2.37. The van der Waals surface area contributed by atoms with E-state index in [-0.39, 0.29) is 42.0 Å². The van der Waals surface area contributed by atoms with E-state index in [1.807, 2.05) is 6.92 Å². The maximum atomic E-state index is 12.8. The Morgan fingerprint density at radius 2 is 1.77 bits per heavy atom. The molecule has 0 N–H and O–H groups in total. The predicted molar refractivity (Wildman–Crippen MR) is 93.2 cm³/mol. The standard InChI is InChI=1S/C20H18ClNO4/c1-9-6-10(2-5-15(9)21)26-16(23)8-22-19(24)17-11-3-4-12(14-7-13(11)14)18(17)20(22)25/h2-6,11-14,17-18H,7-8H2,1H3/t11-,12-,13-,14-,17+,18+/m0/s1. The normalized spacial score (nSPS) is 36.2. The van der Waals surface area contributed by atoms with Gasteiger partial charge in [0.25, 0.3) is 0 Å². The number of carbonyl (C=O) groups is 3. The number of ether oxygens (including phenoxy) is 1. The van der Waals surface area contributed by atoms with Crippen LogP contribution < -0.4 is 4.74 Å². The van der Waals surface area contributed by atoms with Crippen molar-refractivity contribution in [3.63, 3.8) is 0 Å². The van der Waals surface area contributed by atoms with E-state index in [2.05, 4.69) is 12.2 Å². The molecule has 0 aromatic heterocycles. The van der Waals surface area contributed by atoms with E-state index in [4.69, 9.17) is 16.3 Å². The van der Waals surface area contributed by atoms with E-state index >= 15 is 0 Å². The summed E-state index contributed by atoms with van der Waals surface area (Å²) in [5.74, 6) is 0.159. The molecule has 6 atom stereocenters. The molecule has 6 heteroatoms. The number of hydrogen-bond donors (Lipinski definition) is 0. The quantitative estimate of drug-likeness (QED) is 0.354. The van der Waals surface area contributed by atoms with Crippen LogP contribution in [0.5, 0.6) is 5.75 Å². The number of esters is 1. The van der Waals surface area contributed by atoms with Gasteiger partial charge in [-0.3, -0.25) is 14.5 Å². The first-order chi connectivity index (χ1) is 12.5. The number of rotatable bonds is 3. The van der Waals surface area contributed by atoms with E-state index in [1.54, 1.807) is 18.2 Å². The highest BCUT2D eigenvalue weighted by atomic mass is 35.5. The Balaban J connectivity index is 1.32. The molecule has 3 fully saturated rings. The van der Waals surface area contributed by atoms with Crippen molar-refractivity contribution in [3.05, 3.63) is 40.9 Å². The molecule has 26 heavy (non-hydrogen) atoms. The minimum atomic E-state index is -0.613. The summed E-state index contributed by atoms with van der Waals surface area (Å²) in [6.45, 7) is 1.48. The second-order valence-electron chi connectivity index (χ2n) is 7.80. The Hall–Kier alpha value is -2.14. The summed E-state index contributed by atoms with van der Waals surface area (Å²) >= 11 is 5.97. The highest BCUT2D eigenvalue weighted by Gasteiger charge is 2.67. The van der Waals surface area contributed by atoms with Crippen LogP contribution in [0.25, 0.3) is 0 Å². The fourth-order valence-corrected chi connectivity index (χ4v) is 5.27. The number of likely N-dealkylation sites (tertiary alicyclic amines) is 1. The molecule has 1 aliphatic heterocycles. The number of amides is 2. The smallest absolute Gasteiger partial charge is 0.331 e. The zero-order valence-electron chi connectivity index (χ0n) is 14.2. The summed E-state index contributed by atoms with van der Waals surface area (Å²) in [4.78, 5) is 39.1. The fraction of sp³-hybridized carbons (Fsp3) is 0.450. The first-order valence-electron chi connectivity index (χ1n) is 8.96. The molecule has 2 bridgehead atoms. The molecule has 2 saturated carbocycles. The van der Waals surface area contributed by atoms with Crippen LogP contribution in [-0.4, -0.2) is 29.2 Å². The lowest BCUT2D eigenvalue weighted by atomic mass is 9.63. The number of carbonyl (C=O) groups excluding carboxylic acids is 3. The van der Waals surface area contributed by atoms with Gasteiger partial charge in [0.1, 0.15) is 12.3 Å². The molecule has 134 valence electrons. The van der Waals surface area contributed by atoms with Gasteiger partial charge in [-0.1, -0.05) is 23.8 Å². The largest absolute Gasteiger partial charge is 0.425 e. The Morgan fingerprint density at radius 3 is 2.35 bits per heavy atom. The van der Waals surface area contributed by atoms with Gasteiger partial charge in [-0.05, 0) is 60.8 Å². The van der Waals surface area contributed by atoms with Gasteiger partial charge in [0.2, 0.25) is 11.8 Å². The van der Waals surface area contributed by atoms with Crippen LogP contribution in [0.4, 0.5) is 0 Å². The maximum absolute atomic E-state index is 12.8. The van der Waals surface area contributed by atoms with Crippen LogP contribution in [-0.2, 0) is 14.4 Å². The number of benzene rings is 1. The Labute approximate surface area is 155 Å². The van der Waals surface area contributed by atoms with Gasteiger partial charge in [0, 0.05) is 5.02 Å². The van der Waals surface area contributed by atoms with Crippen LogP contribution in [0.3, 0.4) is 0 Å². The number of nitrogens with zero attached hydrogens (tertiary/aromatic N) is 1. The molecule has 0 unspecified atom stereocenters. The summed E-state index contributed by atoms with van der Waals surface area (Å²) in [7, 11) is 0. The molecule has 1 aromatic rings. The second-order valence-corrected chi connectivity index (χ2v) is 8.21. The van der Waals surface area contributed by atoms with Crippen molar-refractivity contribution in [1.29, 1.82) is 0 Å². The molecule has 1 heterocycles. The van der Waals surface area contributed by atoms with Gasteiger partial charge in [-0.25, -0.2) is 4.79 Å². The van der Waals surface area contributed by atoms with E-state index < -0.39 is 5.97 Å². The molecule has 5 aliphatic rings. The van der Waals surface area contributed by atoms with Gasteiger partial charge in [0.15, 0.2) is 0 Å². The maximum Gasteiger partial charge on any atom is 0.331 e. The minimum absolute atomic E-state index is 0.159. The number of imide groups is 1. The predicted octanol–water partition coefficient (Wildman–Crippen LogP) is 2.61. The molecule has 0 radical (unpaired) electrons. The van der Waals surface area contributed by atoms with E-state index in [0.29, 0.717) is 22.6 Å². The molecule has 4 aliphatic carbocycles. The molecule has 6 rings (SSSR count). The Morgan fingerprint density at radius 1 is 1.15 bits per heavy atom. The third kappa shape index (κ3) is 2.19. The van der Waals surface area contributed by atoms with Gasteiger partial charge in [-0.15, -0.1) is 0 Å². The molecule has 1 saturated heterocycles. The van der Waals surface area contributed by atoms with Gasteiger partial charge < -0.3 is 4.74 Å². The SMILES string of the molecule is Cc1cc(OC(=O)CN2C(=O)[C@@H]3[C@H]4C=C[C@@H]([C@@H]5C[C@@H]45)[C@H]3C2=O)ccc1Cl. The average molecular weight is 372 g/mol. The minimum Gasteiger partial charge on any atom is -0.425 e. The Bertz CT molecular complexity index is 843. The number of hydrogen-bond acceptors (Lipinski definition) is 4. The zero-order chi connectivity index (χ0) is 18.2. The molecular formula is C20H18ClNO4. The summed E-state index contributed by atoms with van der Waals surface area (Å²) in [6.07, 6.45) is 5.35. The highest BCUT2D eigenvalue weighted by Crippen LogP contribution is 2.65. The van der Waals surface area contributed by atoms with Crippen LogP contribution >= 0.6 is 11.6 Å². The number of halogens is 1. The van der Waals surface area contributed by atoms with E-state index in [9.17, 15) is 14.4 Å². The average Bonchev–Trinajstić information content (AvgIpc) is 3.39. The monoisotopic (exact) mass is 371 g/mol.